The van der Waals surface area contributed by atoms with Crippen molar-refractivity contribution in [1.29, 1.82) is 10.8 Å². The van der Waals surface area contributed by atoms with Crippen molar-refractivity contribution in [2.75, 3.05) is 0 Å². The maximum Gasteiger partial charge on any atom is 0.143 e. The largest absolute Gasteiger partial charge is 0.455 e. The molecule has 15 aromatic rings. The van der Waals surface area contributed by atoms with Crippen LogP contribution in [0.4, 0.5) is 11.4 Å². The summed E-state index contributed by atoms with van der Waals surface area (Å²) in [6.45, 7) is 3.59. The lowest BCUT2D eigenvalue weighted by molar-refractivity contribution is 0.670. The highest BCUT2D eigenvalue weighted by molar-refractivity contribution is 6.21. The van der Waals surface area contributed by atoms with Crippen molar-refractivity contribution >= 4 is 133 Å². The molecule has 0 fully saturated rings. The smallest absolute Gasteiger partial charge is 0.143 e. The zero-order valence-corrected chi connectivity index (χ0v) is 46.8. The highest BCUT2D eigenvalue weighted by Crippen LogP contribution is 2.44. The standard InChI is InChI=1S/C76H51N9O/c1-44(77)37-65-57-20-6-10-23-63(57)79-75(81-65)46-27-34-51(35-28-46)85-69-26-13-9-19-55(69)60-43-73-61(42-72(60)85)56-22-14-21-52(74(56)86-73)48-31-36-64-62(39-48)66(38-45(2)78)82-76(80-64)47-29-32-50(33-30-47)84-68-25-12-8-18-54(68)59-40-70-58(41-71(59)84)53-17-7-11-24-67(53)83(70)49-15-4-3-5-16-49/h3-43,77-78H,1-2H3,(H,79,81)(H,80,82). The minimum Gasteiger partial charge on any atom is -0.455 e. The van der Waals surface area contributed by atoms with Crippen molar-refractivity contribution in [2.24, 2.45) is 9.98 Å². The number of rotatable bonds is 8. The minimum atomic E-state index is 0.426. The van der Waals surface area contributed by atoms with E-state index in [1.807, 2.05) is 36.4 Å². The molecule has 4 N–H and O–H groups in total. The molecular formula is C76H51N9O. The number of amidine groups is 2. The second kappa shape index (κ2) is 19.0. The van der Waals surface area contributed by atoms with Gasteiger partial charge in [-0.2, -0.15) is 0 Å². The molecule has 11 aromatic carbocycles. The molecule has 0 aliphatic carbocycles. The van der Waals surface area contributed by atoms with E-state index in [0.717, 1.165) is 134 Å². The van der Waals surface area contributed by atoms with Gasteiger partial charge >= 0.3 is 0 Å². The van der Waals surface area contributed by atoms with Gasteiger partial charge in [-0.3, -0.25) is 0 Å². The quantitative estimate of drug-likeness (QED) is 0.113. The molecule has 0 saturated carbocycles. The van der Waals surface area contributed by atoms with Crippen molar-refractivity contribution in [3.8, 4) is 28.2 Å². The predicted molar refractivity (Wildman–Crippen MR) is 356 cm³/mol. The normalized spacial score (nSPS) is 14.2. The average molecular weight is 1110 g/mol. The van der Waals surface area contributed by atoms with Gasteiger partial charge in [0.1, 0.15) is 22.8 Å². The molecule has 10 nitrogen and oxygen atoms in total. The van der Waals surface area contributed by atoms with Crippen LogP contribution in [0.5, 0.6) is 0 Å². The topological polar surface area (TPSA) is 124 Å². The number of benzene rings is 11. The zero-order valence-electron chi connectivity index (χ0n) is 46.8. The summed E-state index contributed by atoms with van der Waals surface area (Å²) >= 11 is 0. The van der Waals surface area contributed by atoms with Crippen molar-refractivity contribution in [1.82, 2.24) is 24.3 Å². The molecule has 0 amide bonds. The number of para-hydroxylation sites is 6. The van der Waals surface area contributed by atoms with E-state index in [2.05, 4.69) is 237 Å². The first-order chi connectivity index (χ1) is 42.3. The van der Waals surface area contributed by atoms with E-state index in [4.69, 9.17) is 25.2 Å². The number of furan rings is 1. The summed E-state index contributed by atoms with van der Waals surface area (Å²) in [5, 5.41) is 33.1. The Morgan fingerprint density at radius 1 is 0.360 bits per heavy atom. The number of hydrogen-bond donors (Lipinski definition) is 4. The Morgan fingerprint density at radius 2 is 0.791 bits per heavy atom. The van der Waals surface area contributed by atoms with Crippen LogP contribution in [0.25, 0.3) is 127 Å². The van der Waals surface area contributed by atoms with Crippen LogP contribution >= 0.6 is 0 Å². The van der Waals surface area contributed by atoms with Crippen molar-refractivity contribution in [3.63, 3.8) is 0 Å². The van der Waals surface area contributed by atoms with Crippen molar-refractivity contribution in [2.45, 2.75) is 13.8 Å². The van der Waals surface area contributed by atoms with Crippen LogP contribution in [0.3, 0.4) is 0 Å². The van der Waals surface area contributed by atoms with Crippen LogP contribution in [-0.4, -0.2) is 36.8 Å². The molecule has 0 bridgehead atoms. The number of hydrogen-bond acceptors (Lipinski definition) is 7. The van der Waals surface area contributed by atoms with Crippen molar-refractivity contribution < 1.29 is 4.42 Å². The molecule has 406 valence electrons. The number of aliphatic imine (C=N–C) groups is 2. The summed E-state index contributed by atoms with van der Waals surface area (Å²) in [5.74, 6) is 1.45. The summed E-state index contributed by atoms with van der Waals surface area (Å²) < 4.78 is 14.0. The van der Waals surface area contributed by atoms with Gasteiger partial charge in [-0.1, -0.05) is 115 Å². The molecule has 2 aliphatic heterocycles. The van der Waals surface area contributed by atoms with Gasteiger partial charge in [0.05, 0.1) is 55.9 Å². The van der Waals surface area contributed by atoms with Crippen LogP contribution in [0.1, 0.15) is 36.1 Å². The lowest BCUT2D eigenvalue weighted by Gasteiger charge is -2.22. The summed E-state index contributed by atoms with van der Waals surface area (Å²) in [5.41, 5.74) is 21.6. The summed E-state index contributed by atoms with van der Waals surface area (Å²) in [6, 6.07) is 83.7. The third-order valence-electron chi connectivity index (χ3n) is 17.1. The van der Waals surface area contributed by atoms with Gasteiger partial charge in [0.25, 0.3) is 0 Å². The molecular weight excluding hydrogens is 1050 g/mol. The molecule has 6 heterocycles. The molecule has 10 heteroatoms. The van der Waals surface area contributed by atoms with E-state index in [0.29, 0.717) is 17.3 Å². The molecule has 0 saturated heterocycles. The highest BCUT2D eigenvalue weighted by Gasteiger charge is 2.25. The van der Waals surface area contributed by atoms with Gasteiger partial charge < -0.3 is 39.6 Å². The molecule has 0 spiro atoms. The molecule has 4 aromatic heterocycles. The SMILES string of the molecule is CC(=N)C=C1NC(c2ccc(-n3c4ccccc4c4cc5oc6c(-c7ccc8c(c7)C(=CC(C)=N)NC(c7ccc(-n9c%10ccccc%10c%10cc%11c(cc%109)c9ccccc9n%11-c9ccccc9)cc7)=N8)cccc6c5cc43)cc2)=Nc2ccccc21. The highest BCUT2D eigenvalue weighted by atomic mass is 16.3. The van der Waals surface area contributed by atoms with Gasteiger partial charge in [-0.05, 0) is 153 Å². The Bertz CT molecular complexity index is 5570. The van der Waals surface area contributed by atoms with Crippen molar-refractivity contribution in [3.05, 3.63) is 271 Å². The molecule has 86 heavy (non-hydrogen) atoms. The van der Waals surface area contributed by atoms with Gasteiger partial charge in [-0.15, -0.1) is 0 Å². The van der Waals surface area contributed by atoms with Gasteiger partial charge in [0, 0.05) is 99.4 Å². The van der Waals surface area contributed by atoms with E-state index in [9.17, 15) is 0 Å². The number of fused-ring (bicyclic) bond motifs is 14. The van der Waals surface area contributed by atoms with Crippen LogP contribution in [0.2, 0.25) is 0 Å². The van der Waals surface area contributed by atoms with Gasteiger partial charge in [0.2, 0.25) is 0 Å². The molecule has 2 aliphatic rings. The number of allylic oxidation sites excluding steroid dienone is 2. The Labute approximate surface area is 493 Å². The second-order valence-electron chi connectivity index (χ2n) is 22.4. The molecule has 0 radical (unpaired) electrons. The maximum absolute atomic E-state index is 8.69. The summed E-state index contributed by atoms with van der Waals surface area (Å²) in [7, 11) is 0. The van der Waals surface area contributed by atoms with Gasteiger partial charge in [-0.25, -0.2) is 9.98 Å². The van der Waals surface area contributed by atoms with E-state index in [-0.39, 0.29) is 0 Å². The fourth-order valence-electron chi connectivity index (χ4n) is 13.3. The lowest BCUT2D eigenvalue weighted by Crippen LogP contribution is -2.26. The number of nitrogens with zero attached hydrogens (tertiary/aromatic N) is 5. The van der Waals surface area contributed by atoms with E-state index in [1.54, 1.807) is 13.8 Å². The molecule has 0 unspecified atom stereocenters. The first kappa shape index (κ1) is 49.0. The fraction of sp³-hybridized carbons (Fsp3) is 0.0263. The summed E-state index contributed by atoms with van der Waals surface area (Å²) in [4.78, 5) is 10.3. The summed E-state index contributed by atoms with van der Waals surface area (Å²) in [6.07, 6.45) is 3.73. The first-order valence-electron chi connectivity index (χ1n) is 28.9. The predicted octanol–water partition coefficient (Wildman–Crippen LogP) is 18.7. The zero-order chi connectivity index (χ0) is 57.3. The molecule has 17 rings (SSSR count). The van der Waals surface area contributed by atoms with Gasteiger partial charge in [0.15, 0.2) is 0 Å². The van der Waals surface area contributed by atoms with Crippen LogP contribution in [0, 0.1) is 10.8 Å². The third-order valence-corrected chi connectivity index (χ3v) is 17.1. The Balaban J connectivity index is 0.723. The van der Waals surface area contributed by atoms with Crippen LogP contribution in [0.15, 0.2) is 263 Å². The second-order valence-corrected chi connectivity index (χ2v) is 22.4. The van der Waals surface area contributed by atoms with E-state index < -0.39 is 0 Å². The first-order valence-corrected chi connectivity index (χ1v) is 28.9. The molecule has 0 atom stereocenters. The Hall–Kier alpha value is -11.6. The third kappa shape index (κ3) is 7.66. The van der Waals surface area contributed by atoms with E-state index in [1.165, 1.54) is 32.6 Å². The monoisotopic (exact) mass is 1110 g/mol. The van der Waals surface area contributed by atoms with E-state index >= 15 is 0 Å². The van der Waals surface area contributed by atoms with Crippen LogP contribution < -0.4 is 10.6 Å². The number of aromatic nitrogens is 3. The Morgan fingerprint density at radius 3 is 1.35 bits per heavy atom. The number of nitrogens with one attached hydrogen (secondary N) is 4. The minimum absolute atomic E-state index is 0.426. The Kier molecular flexibility index (Phi) is 10.8. The average Bonchev–Trinajstić information content (AvgIpc) is 1.69. The lowest BCUT2D eigenvalue weighted by atomic mass is 9.96. The maximum atomic E-state index is 8.69. The van der Waals surface area contributed by atoms with Crippen LogP contribution in [-0.2, 0) is 0 Å². The fourth-order valence-corrected chi connectivity index (χ4v) is 13.3.